The molecule has 15 nitrogen and oxygen atoms in total. The van der Waals surface area contributed by atoms with Gasteiger partial charge in [-0.15, -0.1) is 0 Å². The van der Waals surface area contributed by atoms with Gasteiger partial charge in [-0.3, -0.25) is 14.4 Å². The molecule has 3 fully saturated rings. The number of carbonyl (C=O) groups excluding carboxylic acids is 3. The van der Waals surface area contributed by atoms with Gasteiger partial charge in [0.05, 0.1) is 48.1 Å². The van der Waals surface area contributed by atoms with Crippen molar-refractivity contribution >= 4 is 23.8 Å². The van der Waals surface area contributed by atoms with Crippen LogP contribution in [0.3, 0.4) is 0 Å². The first kappa shape index (κ1) is 52.6. The number of ether oxygens (including phenoxy) is 9. The maximum absolute atomic E-state index is 14.7. The van der Waals surface area contributed by atoms with Crippen molar-refractivity contribution in [3.8, 4) is 0 Å². The van der Waals surface area contributed by atoms with E-state index in [2.05, 4.69) is 0 Å². The first-order valence-electron chi connectivity index (χ1n) is 22.5. The van der Waals surface area contributed by atoms with Gasteiger partial charge in [-0.25, -0.2) is 0 Å². The van der Waals surface area contributed by atoms with Crippen LogP contribution in [-0.4, -0.2) is 145 Å². The summed E-state index contributed by atoms with van der Waals surface area (Å²) in [6.07, 6.45) is -5.03. The van der Waals surface area contributed by atoms with Crippen LogP contribution in [0.25, 0.3) is 6.08 Å². The van der Waals surface area contributed by atoms with E-state index in [1.807, 2.05) is 83.9 Å². The van der Waals surface area contributed by atoms with Gasteiger partial charge in [0.2, 0.25) is 0 Å². The molecule has 3 saturated heterocycles. The number of methoxy groups -OCH3 is 2. The van der Waals surface area contributed by atoms with E-state index in [0.717, 1.165) is 5.56 Å². The fourth-order valence-electron chi connectivity index (χ4n) is 9.98. The van der Waals surface area contributed by atoms with Gasteiger partial charge in [-0.2, -0.15) is 0 Å². The minimum atomic E-state index is -1.86. The monoisotopic (exact) mass is 892 g/mol. The molecule has 3 aliphatic rings. The van der Waals surface area contributed by atoms with E-state index in [1.54, 1.807) is 33.8 Å². The minimum Gasteiger partial charge on any atom is -0.494 e. The molecular weight excluding hydrogens is 815 g/mol. The number of benzene rings is 1. The Bertz CT molecular complexity index is 1670. The van der Waals surface area contributed by atoms with Gasteiger partial charge in [0.15, 0.2) is 18.7 Å². The molecule has 63 heavy (non-hydrogen) atoms. The molecule has 0 radical (unpaired) electrons. The molecule has 2 N–H and O–H groups in total. The average molecular weight is 892 g/mol. The molecule has 3 aliphatic heterocycles. The Morgan fingerprint density at radius 1 is 0.889 bits per heavy atom. The number of ketones is 1. The highest BCUT2D eigenvalue weighted by molar-refractivity contribution is 5.83. The highest BCUT2D eigenvalue weighted by atomic mass is 16.7. The van der Waals surface area contributed by atoms with Crippen LogP contribution in [0, 0.1) is 23.7 Å². The predicted octanol–water partition coefficient (Wildman–Crippen LogP) is 5.71. The first-order chi connectivity index (χ1) is 29.4. The Balaban J connectivity index is 1.88. The maximum Gasteiger partial charge on any atom is 0.311 e. The van der Waals surface area contributed by atoms with Gasteiger partial charge < -0.3 is 57.7 Å². The van der Waals surface area contributed by atoms with Gasteiger partial charge in [0.1, 0.15) is 35.3 Å². The lowest BCUT2D eigenvalue weighted by Gasteiger charge is -2.50. The Morgan fingerprint density at radius 2 is 1.51 bits per heavy atom. The zero-order valence-electron chi connectivity index (χ0n) is 40.3. The minimum absolute atomic E-state index is 0.113. The number of hydrogen-bond donors (Lipinski definition) is 2. The Hall–Kier alpha value is -2.99. The van der Waals surface area contributed by atoms with E-state index in [-0.39, 0.29) is 37.2 Å². The summed E-state index contributed by atoms with van der Waals surface area (Å²) in [7, 11) is 6.83. The van der Waals surface area contributed by atoms with Crippen LogP contribution in [0.1, 0.15) is 107 Å². The van der Waals surface area contributed by atoms with E-state index < -0.39 is 108 Å². The molecule has 1 aromatic rings. The third-order valence-corrected chi connectivity index (χ3v) is 13.8. The van der Waals surface area contributed by atoms with Crippen molar-refractivity contribution in [2.24, 2.45) is 23.7 Å². The van der Waals surface area contributed by atoms with Crippen LogP contribution >= 0.6 is 0 Å². The van der Waals surface area contributed by atoms with Crippen molar-refractivity contribution in [2.75, 3.05) is 28.3 Å². The Labute approximate surface area is 375 Å². The summed E-state index contributed by atoms with van der Waals surface area (Å²) in [5, 5.41) is 24.2. The van der Waals surface area contributed by atoms with Gasteiger partial charge in [-0.1, -0.05) is 58.0 Å². The zero-order valence-corrected chi connectivity index (χ0v) is 40.3. The number of likely N-dealkylation sites (N-methyl/N-ethyl adjacent to an activating group) is 1. The average Bonchev–Trinajstić information content (AvgIpc) is 3.23. The Kier molecular flexibility index (Phi) is 18.4. The van der Waals surface area contributed by atoms with Gasteiger partial charge >= 0.3 is 11.9 Å². The SMILES string of the molecule is CC[C@@H]1OC(=O)[C@H](C)[C@@H](OC2C[C@@](C)(OC)[C@@H](OC(C)=O)[C@H](C)O2)[C@H](C)[C@@H](O[C@@H]2O[C@H](C)C[C@H](N(C)C)[C@H]2O)[C@@](C)(OC)C[C@@H](C)C(=O)[C@@H](C)[C@@H](O/C=C/c2ccccc2)[C@]1(C)O. The number of nitrogens with zero attached hydrogens (tertiary/aromatic N) is 1. The van der Waals surface area contributed by atoms with Crippen molar-refractivity contribution in [2.45, 2.75) is 186 Å². The fourth-order valence-corrected chi connectivity index (χ4v) is 9.98. The molecule has 0 bridgehead atoms. The third-order valence-electron chi connectivity index (χ3n) is 13.8. The molecule has 0 amide bonds. The van der Waals surface area contributed by atoms with Crippen molar-refractivity contribution in [3.05, 3.63) is 42.2 Å². The summed E-state index contributed by atoms with van der Waals surface area (Å²) in [5.74, 6) is -4.74. The summed E-state index contributed by atoms with van der Waals surface area (Å²) < 4.78 is 57.2. The molecule has 1 unspecified atom stereocenters. The Morgan fingerprint density at radius 3 is 2.08 bits per heavy atom. The summed E-state index contributed by atoms with van der Waals surface area (Å²) in [4.78, 5) is 43.5. The second kappa shape index (κ2) is 22.0. The fraction of sp³-hybridized carbons (Fsp3) is 0.771. The van der Waals surface area contributed by atoms with E-state index in [9.17, 15) is 24.6 Å². The molecule has 4 rings (SSSR count). The summed E-state index contributed by atoms with van der Waals surface area (Å²) in [6, 6.07) is 9.17. The molecule has 0 spiro atoms. The number of Topliss-reactive ketones (excluding diaryl/α,β-unsaturated/α-hetero) is 1. The lowest BCUT2D eigenvalue weighted by Crippen LogP contribution is -2.62. The topological polar surface area (TPSA) is 178 Å². The molecule has 15 heteroatoms. The molecule has 0 saturated carbocycles. The zero-order chi connectivity index (χ0) is 47.2. The highest BCUT2D eigenvalue weighted by Crippen LogP contribution is 2.42. The number of rotatable bonds is 12. The third kappa shape index (κ3) is 12.3. The predicted molar refractivity (Wildman–Crippen MR) is 235 cm³/mol. The maximum atomic E-state index is 14.7. The number of hydrogen-bond acceptors (Lipinski definition) is 15. The number of cyclic esters (lactones) is 1. The standard InChI is InChI=1S/C48H77NO14/c1-16-36-48(11,54)42(57-23-22-34-20-18-17-19-21-34)29(4)38(51)27(2)25-46(9,55-14)41(63-45-39(52)35(49(12)13)24-28(3)58-45)30(5)40(31(6)44(53)61-36)62-37-26-47(10,56-15)43(32(7)59-37)60-33(8)50/h17-23,27-32,35-37,39-43,45,52,54H,16,24-26H2,1-15H3/b23-22+/t27-,28-,29-,30+,31-,32+,35+,36+,37?,39-,40+,41-,42-,43+,45+,46+,47-,48-/m1/s1. The highest BCUT2D eigenvalue weighted by Gasteiger charge is 2.55. The van der Waals surface area contributed by atoms with E-state index in [4.69, 9.17) is 42.6 Å². The number of esters is 2. The van der Waals surface area contributed by atoms with Crippen molar-refractivity contribution in [1.29, 1.82) is 0 Å². The van der Waals surface area contributed by atoms with Crippen molar-refractivity contribution in [3.63, 3.8) is 0 Å². The van der Waals surface area contributed by atoms with Crippen LogP contribution < -0.4 is 0 Å². The van der Waals surface area contributed by atoms with Crippen molar-refractivity contribution < 1.29 is 67.2 Å². The summed E-state index contributed by atoms with van der Waals surface area (Å²) in [6.45, 7) is 19.0. The van der Waals surface area contributed by atoms with Crippen LogP contribution in [-0.2, 0) is 57.0 Å². The molecule has 0 aromatic heterocycles. The normalized spacial score (nSPS) is 42.4. The van der Waals surface area contributed by atoms with Crippen LogP contribution in [0.15, 0.2) is 36.6 Å². The molecule has 18 atom stereocenters. The quantitative estimate of drug-likeness (QED) is 0.193. The number of carbonyl (C=O) groups is 3. The van der Waals surface area contributed by atoms with Gasteiger partial charge in [0.25, 0.3) is 0 Å². The molecule has 1 aromatic carbocycles. The van der Waals surface area contributed by atoms with E-state index in [1.165, 1.54) is 34.3 Å². The van der Waals surface area contributed by atoms with Crippen molar-refractivity contribution in [1.82, 2.24) is 4.90 Å². The largest absolute Gasteiger partial charge is 0.494 e. The van der Waals surface area contributed by atoms with E-state index in [0.29, 0.717) is 6.42 Å². The molecular formula is C48H77NO14. The lowest BCUT2D eigenvalue weighted by atomic mass is 9.73. The number of aliphatic hydroxyl groups excluding tert-OH is 1. The van der Waals surface area contributed by atoms with Crippen LogP contribution in [0.5, 0.6) is 0 Å². The lowest BCUT2D eigenvalue weighted by molar-refractivity contribution is -0.320. The van der Waals surface area contributed by atoms with Gasteiger partial charge in [-0.05, 0) is 86.5 Å². The smallest absolute Gasteiger partial charge is 0.311 e. The van der Waals surface area contributed by atoms with Crippen LogP contribution in [0.4, 0.5) is 0 Å². The molecule has 0 aliphatic carbocycles. The second-order valence-corrected chi connectivity index (χ2v) is 19.0. The second-order valence-electron chi connectivity index (χ2n) is 19.0. The summed E-state index contributed by atoms with van der Waals surface area (Å²) >= 11 is 0. The first-order valence-corrected chi connectivity index (χ1v) is 22.5. The molecule has 3 heterocycles. The van der Waals surface area contributed by atoms with E-state index >= 15 is 0 Å². The summed E-state index contributed by atoms with van der Waals surface area (Å²) in [5.41, 5.74) is -3.33. The van der Waals surface area contributed by atoms with Crippen LogP contribution in [0.2, 0.25) is 0 Å². The number of aliphatic hydroxyl groups is 2. The molecule has 358 valence electrons. The van der Waals surface area contributed by atoms with Gasteiger partial charge in [0, 0.05) is 45.4 Å².